The van der Waals surface area contributed by atoms with Crippen molar-refractivity contribution in [3.05, 3.63) is 48.2 Å². The van der Waals surface area contributed by atoms with E-state index in [1.54, 1.807) is 43.3 Å². The summed E-state index contributed by atoms with van der Waals surface area (Å²) in [5.74, 6) is 0.712. The van der Waals surface area contributed by atoms with Crippen molar-refractivity contribution in [1.29, 1.82) is 0 Å². The highest BCUT2D eigenvalue weighted by molar-refractivity contribution is 7.92. The summed E-state index contributed by atoms with van der Waals surface area (Å²) in [5.41, 5.74) is 0.940. The van der Waals surface area contributed by atoms with Gasteiger partial charge in [0, 0.05) is 24.5 Å². The van der Waals surface area contributed by atoms with Gasteiger partial charge in [-0.1, -0.05) is 19.8 Å². The molecule has 0 saturated heterocycles. The highest BCUT2D eigenvalue weighted by Gasteiger charge is 2.08. The Labute approximate surface area is 160 Å². The van der Waals surface area contributed by atoms with Crippen LogP contribution in [0.25, 0.3) is 0 Å². The van der Waals surface area contributed by atoms with E-state index in [1.165, 1.54) is 6.20 Å². The first kappa shape index (κ1) is 20.7. The SMILES string of the molecule is CCCCCNC(=O)c1ccc(Oc2ccc(NS(=O)(=O)CC)cc2)nc1. The minimum atomic E-state index is -3.31. The molecule has 0 spiro atoms. The van der Waals surface area contributed by atoms with Crippen LogP contribution in [0.15, 0.2) is 42.6 Å². The molecule has 0 atom stereocenters. The summed E-state index contributed by atoms with van der Waals surface area (Å²) in [5, 5.41) is 2.86. The van der Waals surface area contributed by atoms with Crippen LogP contribution >= 0.6 is 0 Å². The third kappa shape index (κ3) is 6.90. The quantitative estimate of drug-likeness (QED) is 0.604. The lowest BCUT2D eigenvalue weighted by atomic mass is 10.2. The molecular weight excluding hydrogens is 366 g/mol. The number of benzene rings is 1. The molecule has 8 heteroatoms. The van der Waals surface area contributed by atoms with Gasteiger partial charge in [0.15, 0.2) is 0 Å². The number of unbranched alkanes of at least 4 members (excludes halogenated alkanes) is 2. The van der Waals surface area contributed by atoms with E-state index in [0.29, 0.717) is 29.4 Å². The van der Waals surface area contributed by atoms with Crippen molar-refractivity contribution in [3.63, 3.8) is 0 Å². The zero-order valence-corrected chi connectivity index (χ0v) is 16.4. The Balaban J connectivity index is 1.91. The van der Waals surface area contributed by atoms with Gasteiger partial charge < -0.3 is 10.1 Å². The molecule has 2 N–H and O–H groups in total. The first-order valence-electron chi connectivity index (χ1n) is 8.96. The Morgan fingerprint density at radius 1 is 1.07 bits per heavy atom. The second-order valence-corrected chi connectivity index (χ2v) is 7.99. The molecule has 2 rings (SSSR count). The third-order valence-corrected chi connectivity index (χ3v) is 5.10. The van der Waals surface area contributed by atoms with E-state index in [9.17, 15) is 13.2 Å². The first-order chi connectivity index (χ1) is 12.9. The zero-order valence-electron chi connectivity index (χ0n) is 15.6. The molecule has 0 fully saturated rings. The van der Waals surface area contributed by atoms with Gasteiger partial charge in [0.05, 0.1) is 11.3 Å². The molecule has 27 heavy (non-hydrogen) atoms. The van der Waals surface area contributed by atoms with E-state index in [1.807, 2.05) is 0 Å². The normalized spacial score (nSPS) is 11.0. The fourth-order valence-electron chi connectivity index (χ4n) is 2.22. The fraction of sp³-hybridized carbons (Fsp3) is 0.368. The number of carbonyl (C=O) groups is 1. The van der Waals surface area contributed by atoms with Gasteiger partial charge in [0.2, 0.25) is 15.9 Å². The van der Waals surface area contributed by atoms with Gasteiger partial charge in [-0.15, -0.1) is 0 Å². The van der Waals surface area contributed by atoms with Gasteiger partial charge >= 0.3 is 0 Å². The van der Waals surface area contributed by atoms with Crippen LogP contribution in [0.4, 0.5) is 5.69 Å². The molecule has 2 aromatic rings. The standard InChI is InChI=1S/C19H25N3O4S/c1-3-5-6-13-20-19(23)15-7-12-18(21-14-15)26-17-10-8-16(9-11-17)22-27(24,25)4-2/h7-12,14,22H,3-6,13H2,1-2H3,(H,20,23). The number of hydrogen-bond acceptors (Lipinski definition) is 5. The second-order valence-electron chi connectivity index (χ2n) is 5.98. The van der Waals surface area contributed by atoms with Gasteiger partial charge in [0.25, 0.3) is 5.91 Å². The topological polar surface area (TPSA) is 97.4 Å². The van der Waals surface area contributed by atoms with Crippen LogP contribution in [0.1, 0.15) is 43.5 Å². The highest BCUT2D eigenvalue weighted by Crippen LogP contribution is 2.22. The summed E-state index contributed by atoms with van der Waals surface area (Å²) in [6, 6.07) is 9.78. The molecule has 1 aromatic heterocycles. The van der Waals surface area contributed by atoms with Crippen molar-refractivity contribution in [3.8, 4) is 11.6 Å². The number of aromatic nitrogens is 1. The van der Waals surface area contributed by atoms with E-state index in [-0.39, 0.29) is 11.7 Å². The monoisotopic (exact) mass is 391 g/mol. The van der Waals surface area contributed by atoms with Gasteiger partial charge in [-0.3, -0.25) is 9.52 Å². The van der Waals surface area contributed by atoms with E-state index in [0.717, 1.165) is 19.3 Å². The first-order valence-corrected chi connectivity index (χ1v) is 10.6. The molecule has 7 nitrogen and oxygen atoms in total. The molecule has 0 bridgehead atoms. The predicted molar refractivity (Wildman–Crippen MR) is 106 cm³/mol. The molecule has 146 valence electrons. The molecule has 1 aromatic carbocycles. The van der Waals surface area contributed by atoms with Crippen LogP contribution in [-0.4, -0.2) is 31.6 Å². The molecule has 0 aliphatic heterocycles. The second kappa shape index (κ2) is 9.91. The number of pyridine rings is 1. The number of nitrogens with one attached hydrogen (secondary N) is 2. The zero-order chi connectivity index (χ0) is 19.7. The number of amides is 1. The van der Waals surface area contributed by atoms with Crippen LogP contribution in [0, 0.1) is 0 Å². The maximum absolute atomic E-state index is 12.0. The summed E-state index contributed by atoms with van der Waals surface area (Å²) in [4.78, 5) is 16.1. The molecule has 0 aliphatic carbocycles. The van der Waals surface area contributed by atoms with Crippen LogP contribution in [0.2, 0.25) is 0 Å². The number of hydrogen-bond donors (Lipinski definition) is 2. The Kier molecular flexibility index (Phi) is 7.60. The number of anilines is 1. The Morgan fingerprint density at radius 2 is 1.81 bits per heavy atom. The van der Waals surface area contributed by atoms with Crippen molar-refractivity contribution in [2.24, 2.45) is 0 Å². The summed E-state index contributed by atoms with van der Waals surface area (Å²) in [6.07, 6.45) is 4.62. The summed E-state index contributed by atoms with van der Waals surface area (Å²) in [7, 11) is -3.31. The van der Waals surface area contributed by atoms with Crippen molar-refractivity contribution in [1.82, 2.24) is 10.3 Å². The molecule has 0 aliphatic rings. The minimum absolute atomic E-state index is 0.00764. The van der Waals surface area contributed by atoms with Gasteiger partial charge in [-0.2, -0.15) is 0 Å². The van der Waals surface area contributed by atoms with E-state index >= 15 is 0 Å². The largest absolute Gasteiger partial charge is 0.439 e. The smallest absolute Gasteiger partial charge is 0.252 e. The number of ether oxygens (including phenoxy) is 1. The molecule has 0 radical (unpaired) electrons. The van der Waals surface area contributed by atoms with E-state index in [4.69, 9.17) is 4.74 Å². The maximum Gasteiger partial charge on any atom is 0.252 e. The molecule has 0 saturated carbocycles. The van der Waals surface area contributed by atoms with Crippen LogP contribution in [-0.2, 0) is 10.0 Å². The average molecular weight is 391 g/mol. The number of nitrogens with zero attached hydrogens (tertiary/aromatic N) is 1. The number of rotatable bonds is 10. The summed E-state index contributed by atoms with van der Waals surface area (Å²) < 4.78 is 31.2. The lowest BCUT2D eigenvalue weighted by Gasteiger charge is -2.09. The van der Waals surface area contributed by atoms with E-state index < -0.39 is 10.0 Å². The van der Waals surface area contributed by atoms with Crippen molar-refractivity contribution in [2.75, 3.05) is 17.0 Å². The van der Waals surface area contributed by atoms with E-state index in [2.05, 4.69) is 21.9 Å². The predicted octanol–water partition coefficient (Wildman–Crippen LogP) is 3.56. The highest BCUT2D eigenvalue weighted by atomic mass is 32.2. The Morgan fingerprint density at radius 3 is 2.41 bits per heavy atom. The van der Waals surface area contributed by atoms with Crippen LogP contribution in [0.3, 0.4) is 0 Å². The van der Waals surface area contributed by atoms with Crippen LogP contribution in [0.5, 0.6) is 11.6 Å². The summed E-state index contributed by atoms with van der Waals surface area (Å²) in [6.45, 7) is 4.33. The molecular formula is C19H25N3O4S. The summed E-state index contributed by atoms with van der Waals surface area (Å²) >= 11 is 0. The Hall–Kier alpha value is -2.61. The van der Waals surface area contributed by atoms with Crippen molar-refractivity contribution >= 4 is 21.6 Å². The van der Waals surface area contributed by atoms with Crippen molar-refractivity contribution < 1.29 is 17.9 Å². The van der Waals surface area contributed by atoms with Crippen LogP contribution < -0.4 is 14.8 Å². The Bertz CT molecular complexity index is 834. The fourth-order valence-corrected chi connectivity index (χ4v) is 2.86. The minimum Gasteiger partial charge on any atom is -0.439 e. The molecule has 0 unspecified atom stereocenters. The van der Waals surface area contributed by atoms with Gasteiger partial charge in [-0.25, -0.2) is 13.4 Å². The molecule has 1 heterocycles. The van der Waals surface area contributed by atoms with Gasteiger partial charge in [0.1, 0.15) is 5.75 Å². The van der Waals surface area contributed by atoms with Crippen molar-refractivity contribution in [2.45, 2.75) is 33.1 Å². The molecule has 1 amide bonds. The third-order valence-electron chi connectivity index (χ3n) is 3.79. The number of sulfonamides is 1. The lowest BCUT2D eigenvalue weighted by Crippen LogP contribution is -2.24. The number of carbonyl (C=O) groups excluding carboxylic acids is 1. The average Bonchev–Trinajstić information content (AvgIpc) is 2.67. The van der Waals surface area contributed by atoms with Gasteiger partial charge in [-0.05, 0) is 43.7 Å². The maximum atomic E-state index is 12.0. The lowest BCUT2D eigenvalue weighted by molar-refractivity contribution is 0.0952.